The summed E-state index contributed by atoms with van der Waals surface area (Å²) in [6.07, 6.45) is 0.680. The van der Waals surface area contributed by atoms with Crippen molar-refractivity contribution in [2.24, 2.45) is 0 Å². The van der Waals surface area contributed by atoms with Crippen molar-refractivity contribution in [3.05, 3.63) is 95.6 Å². The van der Waals surface area contributed by atoms with E-state index in [1.807, 2.05) is 85.8 Å². The molecule has 4 nitrogen and oxygen atoms in total. The first-order chi connectivity index (χ1) is 14.1. The summed E-state index contributed by atoms with van der Waals surface area (Å²) < 4.78 is 10.7. The lowest BCUT2D eigenvalue weighted by Gasteiger charge is -2.29. The molecule has 0 saturated carbocycles. The van der Waals surface area contributed by atoms with Crippen LogP contribution in [0.2, 0.25) is 0 Å². The van der Waals surface area contributed by atoms with Crippen LogP contribution in [0.3, 0.4) is 0 Å². The SMILES string of the molecule is COc1cc(CCNC(=O)C(C)(c2ccccc2)c2ccccc2)cc(OC)c1. The van der Waals surface area contributed by atoms with Gasteiger partial charge in [-0.2, -0.15) is 0 Å². The number of benzene rings is 3. The number of carbonyl (C=O) groups excluding carboxylic acids is 1. The zero-order chi connectivity index (χ0) is 20.7. The lowest BCUT2D eigenvalue weighted by Crippen LogP contribution is -2.43. The lowest BCUT2D eigenvalue weighted by molar-refractivity contribution is -0.124. The molecule has 3 rings (SSSR count). The second-order valence-electron chi connectivity index (χ2n) is 7.08. The standard InChI is InChI=1S/C25H27NO3/c1-25(20-10-6-4-7-11-20,21-12-8-5-9-13-21)24(27)26-15-14-19-16-22(28-2)18-23(17-19)29-3/h4-13,16-18H,14-15H2,1-3H3,(H,26,27). The summed E-state index contributed by atoms with van der Waals surface area (Å²) in [5, 5.41) is 3.12. The van der Waals surface area contributed by atoms with Gasteiger partial charge in [-0.05, 0) is 42.2 Å². The maximum Gasteiger partial charge on any atom is 0.234 e. The van der Waals surface area contributed by atoms with Gasteiger partial charge in [0.25, 0.3) is 0 Å². The normalized spacial score (nSPS) is 11.0. The van der Waals surface area contributed by atoms with E-state index in [2.05, 4.69) is 5.32 Å². The van der Waals surface area contributed by atoms with Crippen LogP contribution in [0.5, 0.6) is 11.5 Å². The van der Waals surface area contributed by atoms with Gasteiger partial charge in [0.15, 0.2) is 0 Å². The van der Waals surface area contributed by atoms with E-state index in [-0.39, 0.29) is 5.91 Å². The van der Waals surface area contributed by atoms with Crippen LogP contribution in [0.4, 0.5) is 0 Å². The quantitative estimate of drug-likeness (QED) is 0.622. The Hall–Kier alpha value is -3.27. The first kappa shape index (κ1) is 20.5. The third-order valence-electron chi connectivity index (χ3n) is 5.27. The summed E-state index contributed by atoms with van der Waals surface area (Å²) >= 11 is 0. The molecule has 0 fully saturated rings. The largest absolute Gasteiger partial charge is 0.497 e. The number of hydrogen-bond acceptors (Lipinski definition) is 3. The molecule has 0 spiro atoms. The van der Waals surface area contributed by atoms with Crippen LogP contribution < -0.4 is 14.8 Å². The average Bonchev–Trinajstić information content (AvgIpc) is 2.79. The van der Waals surface area contributed by atoms with Crippen LogP contribution in [0, 0.1) is 0 Å². The summed E-state index contributed by atoms with van der Waals surface area (Å²) in [7, 11) is 3.26. The maximum atomic E-state index is 13.3. The van der Waals surface area contributed by atoms with E-state index in [0.717, 1.165) is 28.2 Å². The Morgan fingerprint density at radius 3 is 1.76 bits per heavy atom. The summed E-state index contributed by atoms with van der Waals surface area (Å²) in [6.45, 7) is 2.49. The van der Waals surface area contributed by atoms with Crippen molar-refractivity contribution in [1.29, 1.82) is 0 Å². The fourth-order valence-corrected chi connectivity index (χ4v) is 3.48. The second kappa shape index (κ2) is 9.28. The van der Waals surface area contributed by atoms with Crippen molar-refractivity contribution >= 4 is 5.91 Å². The summed E-state index contributed by atoms with van der Waals surface area (Å²) in [4.78, 5) is 13.3. The highest BCUT2D eigenvalue weighted by Gasteiger charge is 2.36. The van der Waals surface area contributed by atoms with E-state index in [1.165, 1.54) is 0 Å². The molecule has 0 unspecified atom stereocenters. The van der Waals surface area contributed by atoms with Crippen molar-refractivity contribution in [1.82, 2.24) is 5.32 Å². The Kier molecular flexibility index (Phi) is 6.55. The van der Waals surface area contributed by atoms with Gasteiger partial charge in [-0.25, -0.2) is 0 Å². The van der Waals surface area contributed by atoms with Crippen LogP contribution in [0.25, 0.3) is 0 Å². The highest BCUT2D eigenvalue weighted by molar-refractivity contribution is 5.91. The predicted molar refractivity (Wildman–Crippen MR) is 116 cm³/mol. The van der Waals surface area contributed by atoms with E-state index < -0.39 is 5.41 Å². The predicted octanol–water partition coefficient (Wildman–Crippen LogP) is 4.37. The van der Waals surface area contributed by atoms with Gasteiger partial charge in [0, 0.05) is 12.6 Å². The minimum absolute atomic E-state index is 0.0234. The molecule has 0 radical (unpaired) electrons. The minimum atomic E-state index is -0.769. The van der Waals surface area contributed by atoms with Crippen molar-refractivity contribution in [2.45, 2.75) is 18.8 Å². The third kappa shape index (κ3) is 4.60. The minimum Gasteiger partial charge on any atom is -0.497 e. The van der Waals surface area contributed by atoms with Gasteiger partial charge < -0.3 is 14.8 Å². The van der Waals surface area contributed by atoms with Crippen LogP contribution in [-0.2, 0) is 16.6 Å². The zero-order valence-corrected chi connectivity index (χ0v) is 17.1. The molecule has 0 bridgehead atoms. The molecule has 0 heterocycles. The number of methoxy groups -OCH3 is 2. The fraction of sp³-hybridized carbons (Fsp3) is 0.240. The number of ether oxygens (including phenoxy) is 2. The Bertz CT molecular complexity index is 877. The molecule has 1 N–H and O–H groups in total. The van der Waals surface area contributed by atoms with Gasteiger partial charge >= 0.3 is 0 Å². The van der Waals surface area contributed by atoms with Gasteiger partial charge in [0.2, 0.25) is 5.91 Å². The Balaban J connectivity index is 1.78. The Morgan fingerprint density at radius 2 is 1.31 bits per heavy atom. The van der Waals surface area contributed by atoms with Crippen molar-refractivity contribution in [2.75, 3.05) is 20.8 Å². The monoisotopic (exact) mass is 389 g/mol. The summed E-state index contributed by atoms with van der Waals surface area (Å²) in [5.41, 5.74) is 2.20. The third-order valence-corrected chi connectivity index (χ3v) is 5.27. The van der Waals surface area contributed by atoms with Crippen LogP contribution in [0.1, 0.15) is 23.6 Å². The first-order valence-corrected chi connectivity index (χ1v) is 9.69. The number of hydrogen-bond donors (Lipinski definition) is 1. The average molecular weight is 389 g/mol. The molecule has 0 aliphatic rings. The molecule has 150 valence electrons. The number of nitrogens with one attached hydrogen (secondary N) is 1. The molecule has 0 aliphatic carbocycles. The van der Waals surface area contributed by atoms with Crippen molar-refractivity contribution in [3.8, 4) is 11.5 Å². The number of rotatable bonds is 8. The Labute approximate surface area is 172 Å². The molecule has 0 aromatic heterocycles. The highest BCUT2D eigenvalue weighted by Crippen LogP contribution is 2.32. The zero-order valence-electron chi connectivity index (χ0n) is 17.1. The molecule has 3 aromatic rings. The molecule has 0 atom stereocenters. The van der Waals surface area contributed by atoms with Gasteiger partial charge in [-0.1, -0.05) is 60.7 Å². The van der Waals surface area contributed by atoms with Crippen LogP contribution in [0.15, 0.2) is 78.9 Å². The Morgan fingerprint density at radius 1 is 0.828 bits per heavy atom. The maximum absolute atomic E-state index is 13.3. The van der Waals surface area contributed by atoms with Crippen LogP contribution in [-0.4, -0.2) is 26.7 Å². The van der Waals surface area contributed by atoms with E-state index in [4.69, 9.17) is 9.47 Å². The molecular weight excluding hydrogens is 362 g/mol. The molecular formula is C25H27NO3. The van der Waals surface area contributed by atoms with Gasteiger partial charge in [0.1, 0.15) is 11.5 Å². The molecule has 0 saturated heterocycles. The number of amides is 1. The van der Waals surface area contributed by atoms with Crippen molar-refractivity contribution in [3.63, 3.8) is 0 Å². The highest BCUT2D eigenvalue weighted by atomic mass is 16.5. The van der Waals surface area contributed by atoms with E-state index in [1.54, 1.807) is 14.2 Å². The van der Waals surface area contributed by atoms with E-state index in [0.29, 0.717) is 13.0 Å². The number of carbonyl (C=O) groups is 1. The van der Waals surface area contributed by atoms with E-state index in [9.17, 15) is 4.79 Å². The molecule has 1 amide bonds. The van der Waals surface area contributed by atoms with Crippen molar-refractivity contribution < 1.29 is 14.3 Å². The molecule has 0 aliphatic heterocycles. The van der Waals surface area contributed by atoms with E-state index >= 15 is 0 Å². The molecule has 29 heavy (non-hydrogen) atoms. The summed E-state index contributed by atoms with van der Waals surface area (Å²) in [6, 6.07) is 25.5. The van der Waals surface area contributed by atoms with Gasteiger partial charge in [-0.15, -0.1) is 0 Å². The molecule has 4 heteroatoms. The second-order valence-corrected chi connectivity index (χ2v) is 7.08. The molecule has 3 aromatic carbocycles. The van der Waals surface area contributed by atoms with Gasteiger partial charge in [-0.3, -0.25) is 4.79 Å². The summed E-state index contributed by atoms with van der Waals surface area (Å²) in [5.74, 6) is 1.46. The smallest absolute Gasteiger partial charge is 0.234 e. The topological polar surface area (TPSA) is 47.6 Å². The van der Waals surface area contributed by atoms with Crippen LogP contribution >= 0.6 is 0 Å². The lowest BCUT2D eigenvalue weighted by atomic mass is 9.75. The fourth-order valence-electron chi connectivity index (χ4n) is 3.48. The van der Waals surface area contributed by atoms with Gasteiger partial charge in [0.05, 0.1) is 19.6 Å². The first-order valence-electron chi connectivity index (χ1n) is 9.69.